The summed E-state index contributed by atoms with van der Waals surface area (Å²) < 4.78 is 1.35. The highest BCUT2D eigenvalue weighted by Crippen LogP contribution is 2.20. The minimum Gasteiger partial charge on any atom is -0.372 e. The molecule has 0 bridgehead atoms. The highest BCUT2D eigenvalue weighted by Gasteiger charge is 2.16. The first-order valence-electron chi connectivity index (χ1n) is 9.57. The second-order valence-corrected chi connectivity index (χ2v) is 7.07. The van der Waals surface area contributed by atoms with Gasteiger partial charge in [0.05, 0.1) is 0 Å². The molecule has 3 heterocycles. The number of aryl methyl sites for hydroxylation is 1. The SMILES string of the molecule is Cn1c(=O)c(C(=O)NCc2ccc(N3CCCCC3)cc2)nc2cccnc21. The molecule has 1 saturated heterocycles. The fourth-order valence-electron chi connectivity index (χ4n) is 3.55. The maximum Gasteiger partial charge on any atom is 0.283 e. The van der Waals surface area contributed by atoms with Crippen LogP contribution in [-0.4, -0.2) is 33.5 Å². The van der Waals surface area contributed by atoms with Crippen molar-refractivity contribution in [1.29, 1.82) is 0 Å². The number of benzene rings is 1. The lowest BCUT2D eigenvalue weighted by Gasteiger charge is -2.28. The lowest BCUT2D eigenvalue weighted by Crippen LogP contribution is -2.33. The van der Waals surface area contributed by atoms with Crippen LogP contribution in [0.2, 0.25) is 0 Å². The number of piperidine rings is 1. The predicted octanol–water partition coefficient (Wildman–Crippen LogP) is 2.25. The molecule has 7 nitrogen and oxygen atoms in total. The molecule has 0 saturated carbocycles. The molecule has 7 heteroatoms. The minimum atomic E-state index is -0.480. The van der Waals surface area contributed by atoms with Crippen LogP contribution >= 0.6 is 0 Å². The van der Waals surface area contributed by atoms with E-state index in [0.717, 1.165) is 18.7 Å². The van der Waals surface area contributed by atoms with Crippen LogP contribution < -0.4 is 15.8 Å². The number of nitrogens with one attached hydrogen (secondary N) is 1. The summed E-state index contributed by atoms with van der Waals surface area (Å²) in [5, 5.41) is 2.80. The van der Waals surface area contributed by atoms with E-state index in [9.17, 15) is 9.59 Å². The van der Waals surface area contributed by atoms with Crippen molar-refractivity contribution in [1.82, 2.24) is 19.9 Å². The van der Waals surface area contributed by atoms with Gasteiger partial charge in [0, 0.05) is 38.6 Å². The number of rotatable bonds is 4. The lowest BCUT2D eigenvalue weighted by atomic mass is 10.1. The van der Waals surface area contributed by atoms with E-state index in [1.807, 2.05) is 12.1 Å². The molecular weight excluding hydrogens is 354 g/mol. The molecule has 1 fully saturated rings. The Morgan fingerprint density at radius 1 is 1.11 bits per heavy atom. The maximum absolute atomic E-state index is 12.5. The van der Waals surface area contributed by atoms with Gasteiger partial charge in [-0.1, -0.05) is 12.1 Å². The Balaban J connectivity index is 1.46. The van der Waals surface area contributed by atoms with Crippen molar-refractivity contribution in [3.05, 3.63) is 64.2 Å². The molecule has 1 aromatic carbocycles. The summed E-state index contributed by atoms with van der Waals surface area (Å²) >= 11 is 0. The number of hydrogen-bond donors (Lipinski definition) is 1. The third kappa shape index (κ3) is 3.60. The fourth-order valence-corrected chi connectivity index (χ4v) is 3.55. The van der Waals surface area contributed by atoms with Crippen LogP contribution in [0.15, 0.2) is 47.4 Å². The van der Waals surface area contributed by atoms with E-state index in [1.165, 1.54) is 29.5 Å². The Hall–Kier alpha value is -3.22. The zero-order chi connectivity index (χ0) is 19.5. The number of aromatic nitrogens is 3. The molecule has 1 aliphatic heterocycles. The Morgan fingerprint density at radius 3 is 2.61 bits per heavy atom. The molecule has 0 atom stereocenters. The number of hydrogen-bond acceptors (Lipinski definition) is 5. The van der Waals surface area contributed by atoms with Crippen LogP contribution in [-0.2, 0) is 13.6 Å². The van der Waals surface area contributed by atoms with Crippen LogP contribution in [0.5, 0.6) is 0 Å². The molecular formula is C21H23N5O2. The molecule has 1 N–H and O–H groups in total. The van der Waals surface area contributed by atoms with Gasteiger partial charge in [-0.15, -0.1) is 0 Å². The average Bonchev–Trinajstić information content (AvgIpc) is 2.75. The van der Waals surface area contributed by atoms with Crippen LogP contribution in [0.4, 0.5) is 5.69 Å². The van der Waals surface area contributed by atoms with E-state index in [2.05, 4.69) is 32.3 Å². The smallest absolute Gasteiger partial charge is 0.283 e. The summed E-state index contributed by atoms with van der Waals surface area (Å²) in [6.07, 6.45) is 5.37. The average molecular weight is 377 g/mol. The Labute approximate surface area is 163 Å². The predicted molar refractivity (Wildman–Crippen MR) is 108 cm³/mol. The van der Waals surface area contributed by atoms with Crippen molar-refractivity contribution in [2.24, 2.45) is 7.05 Å². The topological polar surface area (TPSA) is 80.1 Å². The molecule has 0 radical (unpaired) electrons. The van der Waals surface area contributed by atoms with Gasteiger partial charge in [-0.25, -0.2) is 9.97 Å². The van der Waals surface area contributed by atoms with Gasteiger partial charge in [-0.05, 0) is 49.1 Å². The van der Waals surface area contributed by atoms with Crippen LogP contribution in [0.25, 0.3) is 11.2 Å². The Morgan fingerprint density at radius 2 is 1.86 bits per heavy atom. The van der Waals surface area contributed by atoms with E-state index < -0.39 is 11.5 Å². The molecule has 1 aliphatic rings. The van der Waals surface area contributed by atoms with Crippen molar-refractivity contribution < 1.29 is 4.79 Å². The molecule has 2 aromatic heterocycles. The third-order valence-corrected chi connectivity index (χ3v) is 5.15. The monoisotopic (exact) mass is 377 g/mol. The molecule has 1 amide bonds. The van der Waals surface area contributed by atoms with E-state index in [-0.39, 0.29) is 5.69 Å². The van der Waals surface area contributed by atoms with Gasteiger partial charge < -0.3 is 10.2 Å². The minimum absolute atomic E-state index is 0.118. The molecule has 144 valence electrons. The molecule has 0 unspecified atom stereocenters. The van der Waals surface area contributed by atoms with Gasteiger partial charge in [0.1, 0.15) is 5.52 Å². The summed E-state index contributed by atoms with van der Waals surface area (Å²) in [4.78, 5) is 35.7. The third-order valence-electron chi connectivity index (χ3n) is 5.15. The first-order chi connectivity index (χ1) is 13.6. The number of carbonyl (C=O) groups excluding carboxylic acids is 1. The second-order valence-electron chi connectivity index (χ2n) is 7.07. The van der Waals surface area contributed by atoms with E-state index in [0.29, 0.717) is 17.7 Å². The second kappa shape index (κ2) is 7.80. The van der Waals surface area contributed by atoms with Gasteiger partial charge in [0.2, 0.25) is 0 Å². The largest absolute Gasteiger partial charge is 0.372 e. The quantitative estimate of drug-likeness (QED) is 0.754. The van der Waals surface area contributed by atoms with Crippen molar-refractivity contribution in [2.75, 3.05) is 18.0 Å². The molecule has 4 rings (SSSR count). The fraction of sp³-hybridized carbons (Fsp3) is 0.333. The molecule has 0 spiro atoms. The van der Waals surface area contributed by atoms with E-state index in [1.54, 1.807) is 25.4 Å². The van der Waals surface area contributed by atoms with Gasteiger partial charge in [-0.2, -0.15) is 0 Å². The number of fused-ring (bicyclic) bond motifs is 1. The van der Waals surface area contributed by atoms with Crippen molar-refractivity contribution in [3.8, 4) is 0 Å². The van der Waals surface area contributed by atoms with Gasteiger partial charge >= 0.3 is 0 Å². The van der Waals surface area contributed by atoms with Crippen LogP contribution in [0.3, 0.4) is 0 Å². The van der Waals surface area contributed by atoms with Crippen LogP contribution in [0.1, 0.15) is 35.3 Å². The van der Waals surface area contributed by atoms with Crippen molar-refractivity contribution >= 4 is 22.8 Å². The number of anilines is 1. The normalized spacial score (nSPS) is 14.2. The zero-order valence-corrected chi connectivity index (χ0v) is 15.9. The maximum atomic E-state index is 12.5. The van der Waals surface area contributed by atoms with Gasteiger partial charge in [-0.3, -0.25) is 14.2 Å². The zero-order valence-electron chi connectivity index (χ0n) is 15.9. The summed E-state index contributed by atoms with van der Waals surface area (Å²) in [5.74, 6) is -0.480. The first-order valence-corrected chi connectivity index (χ1v) is 9.57. The van der Waals surface area contributed by atoms with Gasteiger partial charge in [0.25, 0.3) is 11.5 Å². The Bertz CT molecular complexity index is 1050. The first kappa shape index (κ1) is 18.2. The van der Waals surface area contributed by atoms with Crippen molar-refractivity contribution in [2.45, 2.75) is 25.8 Å². The van der Waals surface area contributed by atoms with E-state index in [4.69, 9.17) is 0 Å². The highest BCUT2D eigenvalue weighted by atomic mass is 16.2. The van der Waals surface area contributed by atoms with E-state index >= 15 is 0 Å². The number of pyridine rings is 1. The summed E-state index contributed by atoms with van der Waals surface area (Å²) in [5.41, 5.74) is 2.59. The standard InChI is InChI=1S/C21H23N5O2/c1-25-19-17(6-5-11-22-19)24-18(21(25)28)20(27)23-14-15-7-9-16(10-8-15)26-12-3-2-4-13-26/h5-11H,2-4,12-14H2,1H3,(H,23,27). The lowest BCUT2D eigenvalue weighted by molar-refractivity contribution is 0.0944. The summed E-state index contributed by atoms with van der Waals surface area (Å²) in [6, 6.07) is 11.7. The number of carbonyl (C=O) groups is 1. The molecule has 0 aliphatic carbocycles. The van der Waals surface area contributed by atoms with Crippen LogP contribution in [0, 0.1) is 0 Å². The molecule has 28 heavy (non-hydrogen) atoms. The van der Waals surface area contributed by atoms with Gasteiger partial charge in [0.15, 0.2) is 11.3 Å². The highest BCUT2D eigenvalue weighted by molar-refractivity contribution is 5.93. The Kier molecular flexibility index (Phi) is 5.06. The molecule has 3 aromatic rings. The number of amides is 1. The van der Waals surface area contributed by atoms with Crippen molar-refractivity contribution in [3.63, 3.8) is 0 Å². The number of nitrogens with zero attached hydrogens (tertiary/aromatic N) is 4. The summed E-state index contributed by atoms with van der Waals surface area (Å²) in [7, 11) is 1.59. The summed E-state index contributed by atoms with van der Waals surface area (Å²) in [6.45, 7) is 2.54.